The zero-order valence-corrected chi connectivity index (χ0v) is 17.0. The third-order valence-corrected chi connectivity index (χ3v) is 6.29. The molecule has 0 spiro atoms. The molecular weight excluding hydrogens is 412 g/mol. The second kappa shape index (κ2) is 7.93. The Balaban J connectivity index is 1.48. The van der Waals surface area contributed by atoms with Gasteiger partial charge in [-0.2, -0.15) is 0 Å². The first-order chi connectivity index (χ1) is 13.9. The van der Waals surface area contributed by atoms with Gasteiger partial charge in [0.1, 0.15) is 0 Å². The van der Waals surface area contributed by atoms with Crippen LogP contribution >= 0.6 is 11.6 Å². The van der Waals surface area contributed by atoms with Crippen LogP contribution in [0.2, 0.25) is 5.02 Å². The highest BCUT2D eigenvalue weighted by molar-refractivity contribution is 7.91. The maximum atomic E-state index is 12.5. The summed E-state index contributed by atoms with van der Waals surface area (Å²) in [5, 5.41) is 0.558. The van der Waals surface area contributed by atoms with Crippen molar-refractivity contribution in [1.82, 2.24) is 4.90 Å². The van der Waals surface area contributed by atoms with Crippen LogP contribution in [0.3, 0.4) is 0 Å². The summed E-state index contributed by atoms with van der Waals surface area (Å²) in [4.78, 5) is 14.2. The zero-order valence-electron chi connectivity index (χ0n) is 15.5. The number of carbonyl (C=O) groups is 1. The van der Waals surface area contributed by atoms with Crippen LogP contribution < -0.4 is 4.72 Å². The minimum Gasteiger partial charge on any atom is -0.459 e. The smallest absolute Gasteiger partial charge is 0.289 e. The monoisotopic (exact) mass is 430 g/mol. The summed E-state index contributed by atoms with van der Waals surface area (Å²) in [5.41, 5.74) is 3.15. The minimum absolute atomic E-state index is 0.148. The molecule has 0 fully saturated rings. The van der Waals surface area contributed by atoms with Gasteiger partial charge in [0.15, 0.2) is 5.76 Å². The molecule has 0 saturated heterocycles. The highest BCUT2D eigenvalue weighted by atomic mass is 35.5. The molecule has 2 heterocycles. The van der Waals surface area contributed by atoms with Gasteiger partial charge >= 0.3 is 0 Å². The molecule has 150 valence electrons. The van der Waals surface area contributed by atoms with Gasteiger partial charge in [0.05, 0.1) is 12.0 Å². The van der Waals surface area contributed by atoms with E-state index >= 15 is 0 Å². The molecule has 1 N–H and O–H groups in total. The van der Waals surface area contributed by atoms with Crippen LogP contribution in [0.5, 0.6) is 0 Å². The SMILES string of the molecule is O=C(c1ccco1)N1CCc2ccc(NS(=O)(=O)Cc3ccc(Cl)cc3)cc2C1. The Morgan fingerprint density at radius 1 is 1.10 bits per heavy atom. The van der Waals surface area contributed by atoms with Crippen molar-refractivity contribution in [3.63, 3.8) is 0 Å². The van der Waals surface area contributed by atoms with E-state index in [0.717, 1.165) is 11.1 Å². The number of nitrogens with zero attached hydrogens (tertiary/aromatic N) is 1. The minimum atomic E-state index is -3.58. The number of fused-ring (bicyclic) bond motifs is 1. The van der Waals surface area contributed by atoms with Crippen LogP contribution in [-0.2, 0) is 28.7 Å². The predicted octanol–water partition coefficient (Wildman–Crippen LogP) is 4.07. The number of sulfonamides is 1. The number of furan rings is 1. The highest BCUT2D eigenvalue weighted by Gasteiger charge is 2.24. The van der Waals surface area contributed by atoms with E-state index in [-0.39, 0.29) is 11.7 Å². The first-order valence-corrected chi connectivity index (χ1v) is 11.1. The maximum absolute atomic E-state index is 12.5. The fourth-order valence-electron chi connectivity index (χ4n) is 3.37. The van der Waals surface area contributed by atoms with Gasteiger partial charge in [-0.05, 0) is 59.5 Å². The van der Waals surface area contributed by atoms with Gasteiger partial charge in [-0.25, -0.2) is 8.42 Å². The number of anilines is 1. The van der Waals surface area contributed by atoms with E-state index in [9.17, 15) is 13.2 Å². The molecule has 0 bridgehead atoms. The second-order valence-corrected chi connectivity index (χ2v) is 9.08. The maximum Gasteiger partial charge on any atom is 0.289 e. The number of nitrogens with one attached hydrogen (secondary N) is 1. The number of halogens is 1. The molecule has 2 aromatic carbocycles. The van der Waals surface area contributed by atoms with Crippen molar-refractivity contribution in [3.8, 4) is 0 Å². The Labute approximate surface area is 174 Å². The number of amides is 1. The van der Waals surface area contributed by atoms with Crippen molar-refractivity contribution < 1.29 is 17.6 Å². The standard InChI is InChI=1S/C21H19ClN2O4S/c22-18-6-3-15(4-7-18)14-29(26,27)23-19-8-5-16-9-10-24(13-17(16)12-19)21(25)20-2-1-11-28-20/h1-8,11-12,23H,9-10,13-14H2. The molecule has 29 heavy (non-hydrogen) atoms. The molecule has 8 heteroatoms. The lowest BCUT2D eigenvalue weighted by atomic mass is 9.99. The molecule has 1 amide bonds. The number of benzene rings is 2. The molecule has 0 saturated carbocycles. The lowest BCUT2D eigenvalue weighted by Gasteiger charge is -2.28. The van der Waals surface area contributed by atoms with Gasteiger partial charge in [-0.1, -0.05) is 29.8 Å². The Morgan fingerprint density at radius 3 is 2.62 bits per heavy atom. The topological polar surface area (TPSA) is 79.6 Å². The first-order valence-electron chi connectivity index (χ1n) is 9.09. The summed E-state index contributed by atoms with van der Waals surface area (Å²) >= 11 is 5.85. The summed E-state index contributed by atoms with van der Waals surface area (Å²) in [5.74, 6) is -0.0210. The average Bonchev–Trinajstić information content (AvgIpc) is 3.23. The molecular formula is C21H19ClN2O4S. The van der Waals surface area contributed by atoms with Gasteiger partial charge in [0.2, 0.25) is 10.0 Å². The first kappa shape index (κ1) is 19.5. The third-order valence-electron chi connectivity index (χ3n) is 4.78. The molecule has 0 radical (unpaired) electrons. The Kier molecular flexibility index (Phi) is 5.34. The summed E-state index contributed by atoms with van der Waals surface area (Å²) in [7, 11) is -3.58. The number of rotatable bonds is 5. The van der Waals surface area contributed by atoms with Gasteiger partial charge < -0.3 is 9.32 Å². The summed E-state index contributed by atoms with van der Waals surface area (Å²) in [6.07, 6.45) is 2.18. The lowest BCUT2D eigenvalue weighted by molar-refractivity contribution is 0.0702. The van der Waals surface area contributed by atoms with Gasteiger partial charge in [-0.15, -0.1) is 0 Å². The Bertz CT molecular complexity index is 1130. The van der Waals surface area contributed by atoms with Gasteiger partial charge in [0, 0.05) is 23.8 Å². The van der Waals surface area contributed by atoms with Crippen molar-refractivity contribution in [2.24, 2.45) is 0 Å². The molecule has 0 unspecified atom stereocenters. The molecule has 6 nitrogen and oxygen atoms in total. The molecule has 4 rings (SSSR count). The Morgan fingerprint density at radius 2 is 1.90 bits per heavy atom. The zero-order chi connectivity index (χ0) is 20.4. The van der Waals surface area contributed by atoms with Gasteiger partial charge in [0.25, 0.3) is 5.91 Å². The van der Waals surface area contributed by atoms with Crippen LogP contribution in [-0.4, -0.2) is 25.8 Å². The molecule has 0 atom stereocenters. The highest BCUT2D eigenvalue weighted by Crippen LogP contribution is 2.25. The van der Waals surface area contributed by atoms with Crippen LogP contribution in [0.25, 0.3) is 0 Å². The van der Waals surface area contributed by atoms with E-state index in [1.54, 1.807) is 53.4 Å². The average molecular weight is 431 g/mol. The van der Waals surface area contributed by atoms with Crippen molar-refractivity contribution >= 4 is 33.2 Å². The molecule has 0 aliphatic carbocycles. The van der Waals surface area contributed by atoms with E-state index in [1.165, 1.54) is 6.26 Å². The third kappa shape index (κ3) is 4.63. The number of hydrogen-bond donors (Lipinski definition) is 1. The van der Waals surface area contributed by atoms with E-state index in [4.69, 9.17) is 16.0 Å². The van der Waals surface area contributed by atoms with Crippen molar-refractivity contribution in [2.75, 3.05) is 11.3 Å². The quantitative estimate of drug-likeness (QED) is 0.661. The fraction of sp³-hybridized carbons (Fsp3) is 0.190. The summed E-state index contributed by atoms with van der Waals surface area (Å²) in [6, 6.07) is 15.5. The van der Waals surface area contributed by atoms with E-state index in [2.05, 4.69) is 4.72 Å². The number of hydrogen-bond acceptors (Lipinski definition) is 4. The predicted molar refractivity (Wildman–Crippen MR) is 111 cm³/mol. The Hall–Kier alpha value is -2.77. The number of carbonyl (C=O) groups excluding carboxylic acids is 1. The van der Waals surface area contributed by atoms with Crippen molar-refractivity contribution in [1.29, 1.82) is 0 Å². The second-order valence-electron chi connectivity index (χ2n) is 6.93. The summed E-state index contributed by atoms with van der Waals surface area (Å²) in [6.45, 7) is 0.996. The normalized spacial score (nSPS) is 13.8. The molecule has 1 aromatic heterocycles. The molecule has 1 aliphatic rings. The van der Waals surface area contributed by atoms with E-state index < -0.39 is 10.0 Å². The van der Waals surface area contributed by atoms with Crippen LogP contribution in [0.15, 0.2) is 65.3 Å². The van der Waals surface area contributed by atoms with E-state index in [1.807, 2.05) is 6.07 Å². The lowest BCUT2D eigenvalue weighted by Crippen LogP contribution is -2.35. The van der Waals surface area contributed by atoms with Crippen LogP contribution in [0.1, 0.15) is 27.2 Å². The van der Waals surface area contributed by atoms with Crippen molar-refractivity contribution in [2.45, 2.75) is 18.7 Å². The van der Waals surface area contributed by atoms with Crippen LogP contribution in [0.4, 0.5) is 5.69 Å². The van der Waals surface area contributed by atoms with E-state index in [0.29, 0.717) is 41.5 Å². The fourth-order valence-corrected chi connectivity index (χ4v) is 4.68. The van der Waals surface area contributed by atoms with Gasteiger partial charge in [-0.3, -0.25) is 9.52 Å². The largest absolute Gasteiger partial charge is 0.459 e. The van der Waals surface area contributed by atoms with Crippen LogP contribution in [0, 0.1) is 0 Å². The molecule has 3 aromatic rings. The van der Waals surface area contributed by atoms with Crippen molar-refractivity contribution in [3.05, 3.63) is 88.3 Å². The molecule has 1 aliphatic heterocycles. The summed E-state index contributed by atoms with van der Waals surface area (Å²) < 4.78 is 32.9.